The van der Waals surface area contributed by atoms with Crippen LogP contribution in [0.4, 0.5) is 0 Å². The SMILES string of the molecule is CCN1CCC(=NNC(=O)c2ccncc2)CC1. The summed E-state index contributed by atoms with van der Waals surface area (Å²) < 4.78 is 0. The number of rotatable bonds is 3. The quantitative estimate of drug-likeness (QED) is 0.817. The zero-order valence-electron chi connectivity index (χ0n) is 10.6. The Kier molecular flexibility index (Phi) is 4.41. The van der Waals surface area contributed by atoms with Gasteiger partial charge in [-0.1, -0.05) is 6.92 Å². The predicted octanol–water partition coefficient (Wildman–Crippen LogP) is 1.28. The van der Waals surface area contributed by atoms with Crippen LogP contribution in [0.1, 0.15) is 30.1 Å². The first-order chi connectivity index (χ1) is 8.79. The van der Waals surface area contributed by atoms with Crippen molar-refractivity contribution < 1.29 is 4.79 Å². The minimum Gasteiger partial charge on any atom is -0.303 e. The van der Waals surface area contributed by atoms with Crippen LogP contribution in [0.3, 0.4) is 0 Å². The third-order valence-corrected chi connectivity index (χ3v) is 3.14. The van der Waals surface area contributed by atoms with E-state index in [2.05, 4.69) is 27.3 Å². The second-order valence-electron chi connectivity index (χ2n) is 4.29. The highest BCUT2D eigenvalue weighted by molar-refractivity contribution is 5.95. The van der Waals surface area contributed by atoms with Crippen LogP contribution in [0.25, 0.3) is 0 Å². The fraction of sp³-hybridized carbons (Fsp3) is 0.462. The number of hydrogen-bond acceptors (Lipinski definition) is 4. The third kappa shape index (κ3) is 3.37. The van der Waals surface area contributed by atoms with Gasteiger partial charge in [-0.25, -0.2) is 5.43 Å². The van der Waals surface area contributed by atoms with E-state index in [0.29, 0.717) is 5.56 Å². The van der Waals surface area contributed by atoms with Crippen LogP contribution in [-0.2, 0) is 0 Å². The Bertz CT molecular complexity index is 420. The first-order valence-corrected chi connectivity index (χ1v) is 6.27. The summed E-state index contributed by atoms with van der Waals surface area (Å²) >= 11 is 0. The van der Waals surface area contributed by atoms with Crippen molar-refractivity contribution in [2.24, 2.45) is 5.10 Å². The van der Waals surface area contributed by atoms with E-state index in [0.717, 1.165) is 38.2 Å². The first kappa shape index (κ1) is 12.7. The van der Waals surface area contributed by atoms with Crippen LogP contribution < -0.4 is 5.43 Å². The van der Waals surface area contributed by atoms with Crippen LogP contribution in [0, 0.1) is 0 Å². The van der Waals surface area contributed by atoms with E-state index in [1.165, 1.54) is 0 Å². The highest BCUT2D eigenvalue weighted by Gasteiger charge is 2.13. The summed E-state index contributed by atoms with van der Waals surface area (Å²) in [5.74, 6) is -0.178. The number of carbonyl (C=O) groups is 1. The van der Waals surface area contributed by atoms with Gasteiger partial charge in [-0.3, -0.25) is 9.78 Å². The van der Waals surface area contributed by atoms with Crippen LogP contribution in [0.15, 0.2) is 29.6 Å². The van der Waals surface area contributed by atoms with Crippen molar-refractivity contribution in [3.05, 3.63) is 30.1 Å². The second-order valence-corrected chi connectivity index (χ2v) is 4.29. The van der Waals surface area contributed by atoms with Crippen molar-refractivity contribution in [3.63, 3.8) is 0 Å². The molecule has 1 aromatic rings. The number of carbonyl (C=O) groups excluding carboxylic acids is 1. The maximum absolute atomic E-state index is 11.8. The molecular formula is C13H18N4O. The van der Waals surface area contributed by atoms with Crippen molar-refractivity contribution in [1.29, 1.82) is 0 Å². The van der Waals surface area contributed by atoms with Gasteiger partial charge in [0.25, 0.3) is 5.91 Å². The zero-order valence-corrected chi connectivity index (χ0v) is 10.6. The molecule has 1 aliphatic heterocycles. The summed E-state index contributed by atoms with van der Waals surface area (Å²) in [6, 6.07) is 3.35. The summed E-state index contributed by atoms with van der Waals surface area (Å²) in [5, 5.41) is 4.20. The molecule has 0 bridgehead atoms. The summed E-state index contributed by atoms with van der Waals surface area (Å²) in [5.41, 5.74) is 4.26. The Morgan fingerprint density at radius 1 is 1.39 bits per heavy atom. The van der Waals surface area contributed by atoms with Gasteiger partial charge in [-0.05, 0) is 18.7 Å². The smallest absolute Gasteiger partial charge is 0.271 e. The third-order valence-electron chi connectivity index (χ3n) is 3.14. The summed E-state index contributed by atoms with van der Waals surface area (Å²) in [6.45, 7) is 5.30. The number of nitrogens with zero attached hydrogens (tertiary/aromatic N) is 3. The van der Waals surface area contributed by atoms with Gasteiger partial charge >= 0.3 is 0 Å². The molecule has 96 valence electrons. The van der Waals surface area contributed by atoms with Gasteiger partial charge in [0.05, 0.1) is 0 Å². The second kappa shape index (κ2) is 6.26. The topological polar surface area (TPSA) is 57.6 Å². The number of hydrogen-bond donors (Lipinski definition) is 1. The van der Waals surface area contributed by atoms with E-state index in [4.69, 9.17) is 0 Å². The van der Waals surface area contributed by atoms with Crippen molar-refractivity contribution >= 4 is 11.6 Å². The number of aromatic nitrogens is 1. The predicted molar refractivity (Wildman–Crippen MR) is 70.5 cm³/mol. The molecule has 1 saturated heterocycles. The van der Waals surface area contributed by atoms with Gasteiger partial charge in [-0.2, -0.15) is 5.10 Å². The molecule has 0 atom stereocenters. The molecular weight excluding hydrogens is 228 g/mol. The molecule has 0 radical (unpaired) electrons. The first-order valence-electron chi connectivity index (χ1n) is 6.27. The van der Waals surface area contributed by atoms with Gasteiger partial charge in [0, 0.05) is 49.6 Å². The van der Waals surface area contributed by atoms with E-state index in [-0.39, 0.29) is 5.91 Å². The van der Waals surface area contributed by atoms with E-state index in [9.17, 15) is 4.79 Å². The lowest BCUT2D eigenvalue weighted by atomic mass is 10.1. The molecule has 5 heteroatoms. The standard InChI is InChI=1S/C13H18N4O/c1-2-17-9-5-12(6-10-17)15-16-13(18)11-3-7-14-8-4-11/h3-4,7-8H,2,5-6,9-10H2,1H3,(H,16,18). The van der Waals surface area contributed by atoms with E-state index in [1.807, 2.05) is 0 Å². The molecule has 0 aliphatic carbocycles. The van der Waals surface area contributed by atoms with E-state index in [1.54, 1.807) is 24.5 Å². The van der Waals surface area contributed by atoms with Crippen molar-refractivity contribution in [3.8, 4) is 0 Å². The van der Waals surface area contributed by atoms with Crippen molar-refractivity contribution in [1.82, 2.24) is 15.3 Å². The Labute approximate surface area is 107 Å². The molecule has 0 aromatic carbocycles. The largest absolute Gasteiger partial charge is 0.303 e. The molecule has 5 nitrogen and oxygen atoms in total. The number of pyridine rings is 1. The fourth-order valence-electron chi connectivity index (χ4n) is 1.94. The van der Waals surface area contributed by atoms with Crippen LogP contribution in [0.2, 0.25) is 0 Å². The molecule has 2 heterocycles. The Balaban J connectivity index is 1.86. The van der Waals surface area contributed by atoms with Gasteiger partial charge in [0.15, 0.2) is 0 Å². The normalized spacial score (nSPS) is 16.4. The van der Waals surface area contributed by atoms with Gasteiger partial charge in [0.2, 0.25) is 0 Å². The lowest BCUT2D eigenvalue weighted by Crippen LogP contribution is -2.34. The molecule has 1 N–H and O–H groups in total. The lowest BCUT2D eigenvalue weighted by Gasteiger charge is -2.25. The number of nitrogens with one attached hydrogen (secondary N) is 1. The van der Waals surface area contributed by atoms with E-state index >= 15 is 0 Å². The summed E-state index contributed by atoms with van der Waals surface area (Å²) in [7, 11) is 0. The minimum absolute atomic E-state index is 0.178. The minimum atomic E-state index is -0.178. The highest BCUT2D eigenvalue weighted by Crippen LogP contribution is 2.06. The molecule has 0 spiro atoms. The molecule has 1 aromatic heterocycles. The molecule has 0 unspecified atom stereocenters. The van der Waals surface area contributed by atoms with Gasteiger partial charge < -0.3 is 4.90 Å². The van der Waals surface area contributed by atoms with Gasteiger partial charge in [-0.15, -0.1) is 0 Å². The monoisotopic (exact) mass is 246 g/mol. The molecule has 18 heavy (non-hydrogen) atoms. The van der Waals surface area contributed by atoms with Crippen molar-refractivity contribution in [2.75, 3.05) is 19.6 Å². The number of likely N-dealkylation sites (tertiary alicyclic amines) is 1. The number of piperidine rings is 1. The van der Waals surface area contributed by atoms with Crippen molar-refractivity contribution in [2.45, 2.75) is 19.8 Å². The molecule has 0 saturated carbocycles. The maximum atomic E-state index is 11.8. The Hall–Kier alpha value is -1.75. The average molecular weight is 246 g/mol. The van der Waals surface area contributed by atoms with Crippen LogP contribution >= 0.6 is 0 Å². The molecule has 2 rings (SSSR count). The van der Waals surface area contributed by atoms with E-state index < -0.39 is 0 Å². The molecule has 1 amide bonds. The molecule has 1 aliphatic rings. The summed E-state index contributed by atoms with van der Waals surface area (Å²) in [4.78, 5) is 18.0. The lowest BCUT2D eigenvalue weighted by molar-refractivity contribution is 0.0954. The van der Waals surface area contributed by atoms with Crippen LogP contribution in [0.5, 0.6) is 0 Å². The summed E-state index contributed by atoms with van der Waals surface area (Å²) in [6.07, 6.45) is 5.07. The number of hydrazone groups is 1. The fourth-order valence-corrected chi connectivity index (χ4v) is 1.94. The zero-order chi connectivity index (χ0) is 12.8. The molecule has 1 fully saturated rings. The highest BCUT2D eigenvalue weighted by atomic mass is 16.2. The average Bonchev–Trinajstić information content (AvgIpc) is 2.46. The number of amides is 1. The van der Waals surface area contributed by atoms with Crippen LogP contribution in [-0.4, -0.2) is 41.1 Å². The van der Waals surface area contributed by atoms with Gasteiger partial charge in [0.1, 0.15) is 0 Å². The maximum Gasteiger partial charge on any atom is 0.271 e. The Morgan fingerprint density at radius 2 is 2.06 bits per heavy atom. The Morgan fingerprint density at radius 3 is 2.67 bits per heavy atom.